The first-order valence-electron chi connectivity index (χ1n) is 5.06. The van der Waals surface area contributed by atoms with Gasteiger partial charge in [-0.15, -0.1) is 11.6 Å². The summed E-state index contributed by atoms with van der Waals surface area (Å²) >= 11 is 6.10. The highest BCUT2D eigenvalue weighted by molar-refractivity contribution is 6.20. The van der Waals surface area contributed by atoms with Crippen LogP contribution >= 0.6 is 11.6 Å². The zero-order valence-corrected chi connectivity index (χ0v) is 8.90. The fraction of sp³-hybridized carbons (Fsp3) is 1.00. The molecule has 0 aromatic carbocycles. The molecule has 1 saturated carbocycles. The molecule has 1 N–H and O–H groups in total. The Morgan fingerprint density at radius 2 is 2.17 bits per heavy atom. The summed E-state index contributed by atoms with van der Waals surface area (Å²) in [7, 11) is 0. The van der Waals surface area contributed by atoms with E-state index in [1.807, 2.05) is 0 Å². The lowest BCUT2D eigenvalue weighted by atomic mass is 9.89. The summed E-state index contributed by atoms with van der Waals surface area (Å²) in [6.45, 7) is 5.54. The first-order valence-corrected chi connectivity index (χ1v) is 5.49. The van der Waals surface area contributed by atoms with Crippen molar-refractivity contribution in [3.05, 3.63) is 0 Å². The monoisotopic (exact) mass is 189 g/mol. The Kier molecular flexibility index (Phi) is 4.38. The molecule has 0 spiro atoms. The van der Waals surface area contributed by atoms with Crippen molar-refractivity contribution in [3.8, 4) is 0 Å². The SMILES string of the molecule is CC(C)NCC1CCCC(Cl)C1. The molecule has 2 atom stereocenters. The van der Waals surface area contributed by atoms with Crippen LogP contribution in [0, 0.1) is 5.92 Å². The van der Waals surface area contributed by atoms with Crippen LogP contribution in [0.3, 0.4) is 0 Å². The van der Waals surface area contributed by atoms with E-state index in [0.717, 1.165) is 12.5 Å². The van der Waals surface area contributed by atoms with E-state index in [1.54, 1.807) is 0 Å². The fourth-order valence-electron chi connectivity index (χ4n) is 1.81. The van der Waals surface area contributed by atoms with E-state index in [4.69, 9.17) is 11.6 Å². The summed E-state index contributed by atoms with van der Waals surface area (Å²) in [5.41, 5.74) is 0. The van der Waals surface area contributed by atoms with Gasteiger partial charge in [-0.3, -0.25) is 0 Å². The van der Waals surface area contributed by atoms with Crippen molar-refractivity contribution >= 4 is 11.6 Å². The van der Waals surface area contributed by atoms with E-state index < -0.39 is 0 Å². The third-order valence-corrected chi connectivity index (χ3v) is 2.93. The maximum Gasteiger partial charge on any atom is 0.0339 e. The second kappa shape index (κ2) is 5.08. The second-order valence-electron chi connectivity index (χ2n) is 4.19. The van der Waals surface area contributed by atoms with Crippen molar-refractivity contribution in [2.45, 2.75) is 50.9 Å². The summed E-state index contributed by atoms with van der Waals surface area (Å²) < 4.78 is 0. The van der Waals surface area contributed by atoms with E-state index in [2.05, 4.69) is 19.2 Å². The number of alkyl halides is 1. The molecule has 0 aliphatic heterocycles. The first-order chi connectivity index (χ1) is 5.68. The molecule has 1 fully saturated rings. The summed E-state index contributed by atoms with van der Waals surface area (Å²) in [5, 5.41) is 3.92. The molecule has 0 radical (unpaired) electrons. The van der Waals surface area contributed by atoms with E-state index in [9.17, 15) is 0 Å². The molecule has 0 heterocycles. The van der Waals surface area contributed by atoms with Crippen molar-refractivity contribution in [1.82, 2.24) is 5.32 Å². The molecule has 0 saturated heterocycles. The Balaban J connectivity index is 2.14. The normalized spacial score (nSPS) is 31.0. The minimum absolute atomic E-state index is 0.442. The molecule has 2 heteroatoms. The van der Waals surface area contributed by atoms with Crippen LogP contribution in [0.5, 0.6) is 0 Å². The molecule has 0 aromatic heterocycles. The Labute approximate surface area is 80.9 Å². The van der Waals surface area contributed by atoms with Crippen molar-refractivity contribution in [1.29, 1.82) is 0 Å². The van der Waals surface area contributed by atoms with Gasteiger partial charge in [0.25, 0.3) is 0 Å². The van der Waals surface area contributed by atoms with Crippen LogP contribution in [-0.2, 0) is 0 Å². The van der Waals surface area contributed by atoms with E-state index in [1.165, 1.54) is 25.7 Å². The summed E-state index contributed by atoms with van der Waals surface area (Å²) in [4.78, 5) is 0. The van der Waals surface area contributed by atoms with Crippen molar-refractivity contribution in [2.24, 2.45) is 5.92 Å². The molecule has 1 nitrogen and oxygen atoms in total. The van der Waals surface area contributed by atoms with E-state index in [0.29, 0.717) is 11.4 Å². The van der Waals surface area contributed by atoms with Crippen LogP contribution in [0.1, 0.15) is 39.5 Å². The number of halogens is 1. The lowest BCUT2D eigenvalue weighted by molar-refractivity contribution is 0.338. The molecule has 0 amide bonds. The first kappa shape index (κ1) is 10.3. The number of hydrogen-bond acceptors (Lipinski definition) is 1. The van der Waals surface area contributed by atoms with Gasteiger partial charge in [0.05, 0.1) is 0 Å². The molecule has 0 bridgehead atoms. The highest BCUT2D eigenvalue weighted by atomic mass is 35.5. The van der Waals surface area contributed by atoms with E-state index >= 15 is 0 Å². The minimum Gasteiger partial charge on any atom is -0.314 e. The van der Waals surface area contributed by atoms with Gasteiger partial charge < -0.3 is 5.32 Å². The van der Waals surface area contributed by atoms with Crippen molar-refractivity contribution in [3.63, 3.8) is 0 Å². The number of hydrogen-bond donors (Lipinski definition) is 1. The lowest BCUT2D eigenvalue weighted by Gasteiger charge is -2.26. The molecule has 1 rings (SSSR count). The maximum absolute atomic E-state index is 6.10. The predicted octanol–water partition coefficient (Wildman–Crippen LogP) is 2.78. The molecular formula is C10H20ClN. The Morgan fingerprint density at radius 3 is 2.75 bits per heavy atom. The molecule has 12 heavy (non-hydrogen) atoms. The Morgan fingerprint density at radius 1 is 1.42 bits per heavy atom. The largest absolute Gasteiger partial charge is 0.314 e. The zero-order valence-electron chi connectivity index (χ0n) is 8.15. The molecular weight excluding hydrogens is 170 g/mol. The van der Waals surface area contributed by atoms with Crippen LogP contribution < -0.4 is 5.32 Å². The third kappa shape index (κ3) is 3.77. The van der Waals surface area contributed by atoms with Crippen LogP contribution in [0.25, 0.3) is 0 Å². The molecule has 1 aliphatic carbocycles. The molecule has 0 aromatic rings. The highest BCUT2D eigenvalue weighted by Gasteiger charge is 2.19. The van der Waals surface area contributed by atoms with Gasteiger partial charge in [-0.1, -0.05) is 20.3 Å². The summed E-state index contributed by atoms with van der Waals surface area (Å²) in [6.07, 6.45) is 5.11. The standard InChI is InChI=1S/C10H20ClN/c1-8(2)12-7-9-4-3-5-10(11)6-9/h8-10,12H,3-7H2,1-2H3. The summed E-state index contributed by atoms with van der Waals surface area (Å²) in [6, 6.07) is 0.612. The van der Waals surface area contributed by atoms with Crippen molar-refractivity contribution in [2.75, 3.05) is 6.54 Å². The Hall–Kier alpha value is 0.250. The number of nitrogens with one attached hydrogen (secondary N) is 1. The highest BCUT2D eigenvalue weighted by Crippen LogP contribution is 2.27. The predicted molar refractivity (Wildman–Crippen MR) is 54.7 cm³/mol. The fourth-order valence-corrected chi connectivity index (χ4v) is 2.22. The topological polar surface area (TPSA) is 12.0 Å². The van der Waals surface area contributed by atoms with Crippen LogP contribution in [0.4, 0.5) is 0 Å². The minimum atomic E-state index is 0.442. The van der Waals surface area contributed by atoms with Gasteiger partial charge in [0.1, 0.15) is 0 Å². The second-order valence-corrected chi connectivity index (χ2v) is 4.81. The van der Waals surface area contributed by atoms with Gasteiger partial charge in [0.15, 0.2) is 0 Å². The average molecular weight is 190 g/mol. The van der Waals surface area contributed by atoms with Gasteiger partial charge >= 0.3 is 0 Å². The van der Waals surface area contributed by atoms with E-state index in [-0.39, 0.29) is 0 Å². The number of rotatable bonds is 3. The lowest BCUT2D eigenvalue weighted by Crippen LogP contribution is -2.31. The summed E-state index contributed by atoms with van der Waals surface area (Å²) in [5.74, 6) is 0.823. The zero-order chi connectivity index (χ0) is 8.97. The quantitative estimate of drug-likeness (QED) is 0.674. The molecule has 2 unspecified atom stereocenters. The van der Waals surface area contributed by atoms with Crippen LogP contribution in [0.2, 0.25) is 0 Å². The molecule has 1 aliphatic rings. The Bertz CT molecular complexity index is 125. The van der Waals surface area contributed by atoms with Crippen molar-refractivity contribution < 1.29 is 0 Å². The smallest absolute Gasteiger partial charge is 0.0339 e. The van der Waals surface area contributed by atoms with Gasteiger partial charge in [0, 0.05) is 11.4 Å². The average Bonchev–Trinajstić information content (AvgIpc) is 2.01. The maximum atomic E-state index is 6.10. The van der Waals surface area contributed by atoms with Gasteiger partial charge in [0.2, 0.25) is 0 Å². The van der Waals surface area contributed by atoms with Crippen LogP contribution in [0.15, 0.2) is 0 Å². The van der Waals surface area contributed by atoms with Gasteiger partial charge in [-0.25, -0.2) is 0 Å². The van der Waals surface area contributed by atoms with Gasteiger partial charge in [-0.05, 0) is 31.7 Å². The third-order valence-electron chi connectivity index (χ3n) is 2.53. The molecule has 72 valence electrons. The van der Waals surface area contributed by atoms with Crippen LogP contribution in [-0.4, -0.2) is 18.0 Å². The van der Waals surface area contributed by atoms with Gasteiger partial charge in [-0.2, -0.15) is 0 Å².